The first-order valence-corrected chi connectivity index (χ1v) is 6.85. The Morgan fingerprint density at radius 3 is 2.65 bits per heavy atom. The van der Waals surface area contributed by atoms with Gasteiger partial charge in [-0.3, -0.25) is 4.79 Å². The lowest BCUT2D eigenvalue weighted by atomic mass is 10.1. The highest BCUT2D eigenvalue weighted by Crippen LogP contribution is 2.27. The third-order valence-corrected chi connectivity index (χ3v) is 3.70. The minimum atomic E-state index is -0.454. The average molecular weight is 296 g/mol. The Morgan fingerprint density at radius 1 is 1.40 bits per heavy atom. The first-order chi connectivity index (χ1) is 9.38. The van der Waals surface area contributed by atoms with Crippen LogP contribution in [-0.4, -0.2) is 36.5 Å². The van der Waals surface area contributed by atoms with Gasteiger partial charge in [0.25, 0.3) is 0 Å². The van der Waals surface area contributed by atoms with Gasteiger partial charge in [0.2, 0.25) is 5.91 Å². The van der Waals surface area contributed by atoms with Crippen molar-refractivity contribution >= 4 is 29.2 Å². The van der Waals surface area contributed by atoms with E-state index in [1.54, 1.807) is 18.0 Å². The second-order valence-corrected chi connectivity index (χ2v) is 5.55. The van der Waals surface area contributed by atoms with Crippen LogP contribution in [0.3, 0.4) is 0 Å². The zero-order valence-electron chi connectivity index (χ0n) is 11.8. The van der Waals surface area contributed by atoms with Crippen LogP contribution in [0.1, 0.15) is 17.5 Å². The summed E-state index contributed by atoms with van der Waals surface area (Å²) >= 11 is 6.13. The highest BCUT2D eigenvalue weighted by atomic mass is 35.5. The third kappa shape index (κ3) is 3.04. The Bertz CT molecular complexity index is 536. The largest absolute Gasteiger partial charge is 0.344 e. The minimum absolute atomic E-state index is 0.0631. The molecule has 108 valence electrons. The lowest BCUT2D eigenvalue weighted by molar-refractivity contribution is -0.128. The van der Waals surface area contributed by atoms with Crippen LogP contribution < -0.4 is 10.6 Å². The van der Waals surface area contributed by atoms with Crippen molar-refractivity contribution in [2.45, 2.75) is 26.3 Å². The summed E-state index contributed by atoms with van der Waals surface area (Å²) < 4.78 is 0. The van der Waals surface area contributed by atoms with Gasteiger partial charge in [-0.25, -0.2) is 4.79 Å². The number of nitrogens with one attached hydrogen (secondary N) is 2. The number of aryl methyl sites for hydroxylation is 2. The molecule has 1 fully saturated rings. The highest BCUT2D eigenvalue weighted by molar-refractivity contribution is 6.34. The van der Waals surface area contributed by atoms with Crippen LogP contribution in [0.5, 0.6) is 0 Å². The number of hydrogen-bond donors (Lipinski definition) is 2. The number of rotatable bonds is 2. The Hall–Kier alpha value is -1.75. The average Bonchev–Trinajstić information content (AvgIpc) is 2.66. The van der Waals surface area contributed by atoms with Crippen LogP contribution in [0, 0.1) is 13.8 Å². The number of hydrogen-bond acceptors (Lipinski definition) is 2. The molecule has 0 spiro atoms. The quantitative estimate of drug-likeness (QED) is 0.879. The van der Waals surface area contributed by atoms with Crippen molar-refractivity contribution in [1.29, 1.82) is 0 Å². The Labute approximate surface area is 123 Å². The molecule has 6 heteroatoms. The molecular weight excluding hydrogens is 278 g/mol. The number of likely N-dealkylation sites (N-methyl/N-ethyl adjacent to an activating group) is 1. The van der Waals surface area contributed by atoms with Crippen molar-refractivity contribution in [2.75, 3.05) is 18.9 Å². The van der Waals surface area contributed by atoms with E-state index in [1.807, 2.05) is 19.9 Å². The van der Waals surface area contributed by atoms with Crippen LogP contribution in [0.25, 0.3) is 0 Å². The number of carbonyl (C=O) groups is 2. The lowest BCUT2D eigenvalue weighted by Gasteiger charge is -2.15. The molecule has 0 aromatic heterocycles. The van der Waals surface area contributed by atoms with E-state index >= 15 is 0 Å². The molecular formula is C14H18ClN3O2. The number of carbonyl (C=O) groups excluding carboxylic acids is 2. The first-order valence-electron chi connectivity index (χ1n) is 6.47. The molecule has 1 saturated heterocycles. The summed E-state index contributed by atoms with van der Waals surface area (Å²) in [6.07, 6.45) is 0.628. The van der Waals surface area contributed by atoms with Crippen molar-refractivity contribution < 1.29 is 9.59 Å². The van der Waals surface area contributed by atoms with Crippen LogP contribution in [0.4, 0.5) is 10.5 Å². The number of nitrogens with zero attached hydrogens (tertiary/aromatic N) is 1. The third-order valence-electron chi connectivity index (χ3n) is 3.40. The topological polar surface area (TPSA) is 61.4 Å². The number of anilines is 1. The number of amides is 3. The second-order valence-electron chi connectivity index (χ2n) is 5.14. The van der Waals surface area contributed by atoms with Gasteiger partial charge >= 0.3 is 6.03 Å². The van der Waals surface area contributed by atoms with Gasteiger partial charge in [0, 0.05) is 13.6 Å². The van der Waals surface area contributed by atoms with E-state index < -0.39 is 12.1 Å². The fourth-order valence-corrected chi connectivity index (χ4v) is 2.71. The Balaban J connectivity index is 2.04. The molecule has 5 nitrogen and oxygen atoms in total. The first kappa shape index (κ1) is 14.7. The normalized spacial score (nSPS) is 18.3. The maximum atomic E-state index is 12.0. The number of halogens is 1. The second kappa shape index (κ2) is 5.71. The number of benzene rings is 1. The fraction of sp³-hybridized carbons (Fsp3) is 0.429. The summed E-state index contributed by atoms with van der Waals surface area (Å²) in [5, 5.41) is 5.89. The molecule has 3 amide bonds. The molecule has 2 N–H and O–H groups in total. The summed E-state index contributed by atoms with van der Waals surface area (Å²) in [5.74, 6) is -0.0631. The van der Waals surface area contributed by atoms with Gasteiger partial charge in [-0.05, 0) is 37.5 Å². The van der Waals surface area contributed by atoms with Crippen LogP contribution in [0.2, 0.25) is 5.02 Å². The summed E-state index contributed by atoms with van der Waals surface area (Å²) in [4.78, 5) is 25.3. The summed E-state index contributed by atoms with van der Waals surface area (Å²) in [6.45, 7) is 4.48. The lowest BCUT2D eigenvalue weighted by Crippen LogP contribution is -2.42. The number of urea groups is 1. The molecule has 0 aliphatic carbocycles. The molecule has 0 radical (unpaired) electrons. The van der Waals surface area contributed by atoms with Crippen molar-refractivity contribution in [3.05, 3.63) is 28.3 Å². The predicted octanol–water partition coefficient (Wildman–Crippen LogP) is 2.31. The van der Waals surface area contributed by atoms with E-state index in [9.17, 15) is 9.59 Å². The van der Waals surface area contributed by atoms with E-state index in [0.29, 0.717) is 23.7 Å². The van der Waals surface area contributed by atoms with Crippen molar-refractivity contribution in [1.82, 2.24) is 10.2 Å². The van der Waals surface area contributed by atoms with Gasteiger partial charge < -0.3 is 15.5 Å². The smallest absolute Gasteiger partial charge is 0.319 e. The van der Waals surface area contributed by atoms with E-state index in [2.05, 4.69) is 10.6 Å². The molecule has 1 atom stereocenters. The SMILES string of the molecule is Cc1cc(C)c(NC(=O)NC2CCN(C)C2=O)c(Cl)c1. The van der Waals surface area contributed by atoms with E-state index in [4.69, 9.17) is 11.6 Å². The molecule has 1 unspecified atom stereocenters. The monoisotopic (exact) mass is 295 g/mol. The molecule has 1 heterocycles. The predicted molar refractivity (Wildman–Crippen MR) is 79.1 cm³/mol. The van der Waals surface area contributed by atoms with E-state index in [-0.39, 0.29) is 5.91 Å². The van der Waals surface area contributed by atoms with Gasteiger partial charge in [0.1, 0.15) is 6.04 Å². The molecule has 0 bridgehead atoms. The molecule has 1 aliphatic rings. The Morgan fingerprint density at radius 2 is 2.10 bits per heavy atom. The standard InChI is InChI=1S/C14H18ClN3O2/c1-8-6-9(2)12(10(15)7-8)17-14(20)16-11-4-5-18(3)13(11)19/h6-7,11H,4-5H2,1-3H3,(H2,16,17,20). The molecule has 0 saturated carbocycles. The molecule has 1 aliphatic heterocycles. The van der Waals surface area contributed by atoms with Crippen LogP contribution in [-0.2, 0) is 4.79 Å². The molecule has 20 heavy (non-hydrogen) atoms. The maximum Gasteiger partial charge on any atom is 0.319 e. The highest BCUT2D eigenvalue weighted by Gasteiger charge is 2.30. The summed E-state index contributed by atoms with van der Waals surface area (Å²) in [6, 6.07) is 2.87. The zero-order valence-corrected chi connectivity index (χ0v) is 12.5. The zero-order chi connectivity index (χ0) is 14.9. The van der Waals surface area contributed by atoms with E-state index in [1.165, 1.54) is 0 Å². The van der Waals surface area contributed by atoms with Gasteiger partial charge in [0.05, 0.1) is 10.7 Å². The van der Waals surface area contributed by atoms with Crippen molar-refractivity contribution in [2.24, 2.45) is 0 Å². The van der Waals surface area contributed by atoms with E-state index in [0.717, 1.165) is 11.1 Å². The van der Waals surface area contributed by atoms with Gasteiger partial charge in [-0.15, -0.1) is 0 Å². The van der Waals surface area contributed by atoms with Gasteiger partial charge in [-0.1, -0.05) is 17.7 Å². The minimum Gasteiger partial charge on any atom is -0.344 e. The Kier molecular flexibility index (Phi) is 4.18. The summed E-state index contributed by atoms with van der Waals surface area (Å²) in [5.41, 5.74) is 2.50. The van der Waals surface area contributed by atoms with Gasteiger partial charge in [-0.2, -0.15) is 0 Å². The molecule has 2 rings (SSSR count). The van der Waals surface area contributed by atoms with Gasteiger partial charge in [0.15, 0.2) is 0 Å². The van der Waals surface area contributed by atoms with Crippen LogP contribution >= 0.6 is 11.6 Å². The fourth-order valence-electron chi connectivity index (χ4n) is 2.34. The molecule has 1 aromatic rings. The maximum absolute atomic E-state index is 12.0. The summed E-state index contributed by atoms with van der Waals surface area (Å²) in [7, 11) is 1.73. The van der Waals surface area contributed by atoms with Crippen LogP contribution in [0.15, 0.2) is 12.1 Å². The number of likely N-dealkylation sites (tertiary alicyclic amines) is 1. The molecule has 1 aromatic carbocycles. The van der Waals surface area contributed by atoms with Crippen molar-refractivity contribution in [3.63, 3.8) is 0 Å². The van der Waals surface area contributed by atoms with Crippen molar-refractivity contribution in [3.8, 4) is 0 Å².